The SMILES string of the molecule is O=S(=O)(O)c1c(Oc2ccccc2)ccc2c3nc4nc(nc5[nH]c(nc6nc(nc([nH]3)c12)-c1cc(Oc2ccccc2)ccc1-6)c1ccc(Oc2ccccc2)cc51)-c1ccc(Oc2ccccc2)cc1-4.[AlH3]. The lowest BCUT2D eigenvalue weighted by Gasteiger charge is -2.10. The van der Waals surface area contributed by atoms with E-state index in [1.807, 2.05) is 140 Å². The van der Waals surface area contributed by atoms with E-state index in [2.05, 4.69) is 9.97 Å². The number of hydrogen-bond acceptors (Lipinski definition) is 12. The van der Waals surface area contributed by atoms with Crippen molar-refractivity contribution in [2.24, 2.45) is 0 Å². The minimum absolute atomic E-state index is 0. The van der Waals surface area contributed by atoms with Crippen molar-refractivity contribution in [3.05, 3.63) is 188 Å². The molecule has 0 saturated carbocycles. The van der Waals surface area contributed by atoms with Crippen LogP contribution in [-0.4, -0.2) is 70.2 Å². The molecule has 2 aliphatic heterocycles. The first kappa shape index (κ1) is 44.9. The van der Waals surface area contributed by atoms with Crippen molar-refractivity contribution in [3.8, 4) is 91.5 Å². The van der Waals surface area contributed by atoms with Crippen molar-refractivity contribution in [2.45, 2.75) is 4.90 Å². The zero-order valence-electron chi connectivity index (χ0n) is 37.4. The fourth-order valence-electron chi connectivity index (χ4n) is 8.79. The molecule has 8 bridgehead atoms. The quantitative estimate of drug-likeness (QED) is 0.0912. The van der Waals surface area contributed by atoms with E-state index in [-0.39, 0.29) is 62.7 Å². The van der Waals surface area contributed by atoms with E-state index in [1.165, 1.54) is 6.07 Å². The number of fused-ring (bicyclic) bond motifs is 20. The highest BCUT2D eigenvalue weighted by Gasteiger charge is 2.28. The van der Waals surface area contributed by atoms with Gasteiger partial charge in [-0.2, -0.15) is 8.42 Å². The molecule has 0 amide bonds. The summed E-state index contributed by atoms with van der Waals surface area (Å²) in [5.41, 5.74) is 3.35. The van der Waals surface area contributed by atoms with Gasteiger partial charge in [0.1, 0.15) is 73.5 Å². The molecule has 3 aromatic heterocycles. The van der Waals surface area contributed by atoms with Gasteiger partial charge in [0.25, 0.3) is 10.1 Å². The molecule has 0 radical (unpaired) electrons. The van der Waals surface area contributed by atoms with Crippen molar-refractivity contribution in [1.82, 2.24) is 39.9 Å². The van der Waals surface area contributed by atoms with Crippen molar-refractivity contribution < 1.29 is 31.9 Å². The molecule has 2 aliphatic rings. The number of para-hydroxylation sites is 4. The zero-order chi connectivity index (χ0) is 48.3. The van der Waals surface area contributed by atoms with Crippen LogP contribution in [0.4, 0.5) is 0 Å². The fourth-order valence-corrected chi connectivity index (χ4v) is 9.62. The summed E-state index contributed by atoms with van der Waals surface area (Å²) in [6.07, 6.45) is 0. The summed E-state index contributed by atoms with van der Waals surface area (Å²) in [5, 5.41) is 1.66. The van der Waals surface area contributed by atoms with Crippen LogP contribution in [0.15, 0.2) is 193 Å². The van der Waals surface area contributed by atoms with Gasteiger partial charge >= 0.3 is 0 Å². The van der Waals surface area contributed by atoms with Crippen molar-refractivity contribution in [2.75, 3.05) is 0 Å². The number of H-pyrrole nitrogens is 2. The summed E-state index contributed by atoms with van der Waals surface area (Å²) in [6.45, 7) is 0. The van der Waals surface area contributed by atoms with Crippen LogP contribution in [0.2, 0.25) is 0 Å². The number of nitrogens with one attached hydrogen (secondary N) is 2. The standard InChI is InChI=1S/C56H34N8O7S.Al.3H/c65-72(66,67)48-46(71-35-19-11-4-12-20-35)28-27-42-47(48)56-63-52(42)62-54-44-30-37(69-33-15-7-2-8-16-33)22-25-40(44)51(60-54)59-53-43-29-36(68-32-13-5-1-6-14-32)21-24-39(43)49(58-53)57-50-41-26-23-38(31-45(41)55(61-50)64-56)70-34-17-9-3-10-18-34;;;;/h1-31H,(H,65,66,67)(H2,57,58,59,60,61,62,63,64);;;;. The summed E-state index contributed by atoms with van der Waals surface area (Å²) in [5.74, 6) is 4.61. The van der Waals surface area contributed by atoms with Crippen LogP contribution < -0.4 is 18.9 Å². The van der Waals surface area contributed by atoms with E-state index >= 15 is 0 Å². The molecule has 5 heterocycles. The van der Waals surface area contributed by atoms with Gasteiger partial charge in [-0.15, -0.1) is 0 Å². The minimum atomic E-state index is -5.03. The van der Waals surface area contributed by atoms with E-state index in [4.69, 9.17) is 48.9 Å². The van der Waals surface area contributed by atoms with E-state index in [0.29, 0.717) is 90.4 Å². The maximum absolute atomic E-state index is 13.7. The normalized spacial score (nSPS) is 11.6. The van der Waals surface area contributed by atoms with Gasteiger partial charge in [0.05, 0.1) is 5.39 Å². The Balaban J connectivity index is 0.00000543. The number of rotatable bonds is 9. The van der Waals surface area contributed by atoms with Crippen molar-refractivity contribution >= 4 is 71.6 Å². The van der Waals surface area contributed by atoms with Gasteiger partial charge in [-0.25, -0.2) is 29.9 Å². The van der Waals surface area contributed by atoms with Crippen molar-refractivity contribution in [1.29, 1.82) is 0 Å². The summed E-state index contributed by atoms with van der Waals surface area (Å²) in [4.78, 5) is 36.8. The minimum Gasteiger partial charge on any atom is -0.457 e. The second-order valence-corrected chi connectivity index (χ2v) is 18.0. The lowest BCUT2D eigenvalue weighted by atomic mass is 10.1. The lowest BCUT2D eigenvalue weighted by Crippen LogP contribution is -2.02. The van der Waals surface area contributed by atoms with Crippen LogP contribution in [0, 0.1) is 0 Å². The number of hydrogen-bond donors (Lipinski definition) is 3. The van der Waals surface area contributed by atoms with E-state index in [0.717, 1.165) is 0 Å². The molecule has 0 fully saturated rings. The summed E-state index contributed by atoms with van der Waals surface area (Å²) >= 11 is 0. The predicted molar refractivity (Wildman–Crippen MR) is 282 cm³/mol. The molecule has 15 nitrogen and oxygen atoms in total. The van der Waals surface area contributed by atoms with Gasteiger partial charge in [0.2, 0.25) is 0 Å². The van der Waals surface area contributed by atoms with E-state index in [9.17, 15) is 13.0 Å². The molecule has 8 aromatic carbocycles. The molecular formula is C56H37AlN8O7S. The smallest absolute Gasteiger partial charge is 0.299 e. The number of nitrogens with zero attached hydrogens (tertiary/aromatic N) is 6. The third-order valence-corrected chi connectivity index (χ3v) is 12.9. The van der Waals surface area contributed by atoms with Gasteiger partial charge in [0.15, 0.2) is 40.7 Å². The Kier molecular flexibility index (Phi) is 11.2. The number of aromatic nitrogens is 8. The van der Waals surface area contributed by atoms with Gasteiger partial charge in [-0.3, -0.25) is 4.55 Å². The fraction of sp³-hybridized carbons (Fsp3) is 0. The molecule has 0 atom stereocenters. The Morgan fingerprint density at radius 2 is 0.740 bits per heavy atom. The van der Waals surface area contributed by atoms with Gasteiger partial charge < -0.3 is 28.9 Å². The number of aromatic amines is 2. The molecule has 73 heavy (non-hydrogen) atoms. The van der Waals surface area contributed by atoms with Crippen LogP contribution in [0.3, 0.4) is 0 Å². The molecule has 352 valence electrons. The Morgan fingerprint density at radius 3 is 1.23 bits per heavy atom. The monoisotopic (exact) mass is 992 g/mol. The van der Waals surface area contributed by atoms with E-state index in [1.54, 1.807) is 42.5 Å². The van der Waals surface area contributed by atoms with E-state index < -0.39 is 15.0 Å². The Bertz CT molecular complexity index is 4260. The first-order chi connectivity index (χ1) is 35.2. The maximum Gasteiger partial charge on any atom is 0.299 e. The molecule has 11 aromatic rings. The molecule has 0 saturated heterocycles. The van der Waals surface area contributed by atoms with Crippen LogP contribution in [0.25, 0.3) is 89.7 Å². The molecule has 3 N–H and O–H groups in total. The first-order valence-corrected chi connectivity index (χ1v) is 24.0. The van der Waals surface area contributed by atoms with Crippen molar-refractivity contribution in [3.63, 3.8) is 0 Å². The third kappa shape index (κ3) is 8.54. The Morgan fingerprint density at radius 1 is 0.356 bits per heavy atom. The maximum atomic E-state index is 13.7. The average Bonchev–Trinajstić information content (AvgIpc) is 4.12. The molecule has 0 unspecified atom stereocenters. The van der Waals surface area contributed by atoms with Gasteiger partial charge in [-0.1, -0.05) is 72.8 Å². The van der Waals surface area contributed by atoms with Crippen LogP contribution >= 0.6 is 0 Å². The predicted octanol–water partition coefficient (Wildman–Crippen LogP) is 12.1. The topological polar surface area (TPSA) is 200 Å². The third-order valence-electron chi connectivity index (χ3n) is 12.0. The highest BCUT2D eigenvalue weighted by molar-refractivity contribution is 7.86. The van der Waals surface area contributed by atoms with Gasteiger partial charge in [-0.05, 0) is 115 Å². The highest BCUT2D eigenvalue weighted by Crippen LogP contribution is 2.43. The molecular weight excluding hydrogens is 956 g/mol. The van der Waals surface area contributed by atoms with Crippen LogP contribution in [-0.2, 0) is 10.1 Å². The number of ether oxygens (including phenoxy) is 4. The molecule has 13 rings (SSSR count). The molecule has 0 aliphatic carbocycles. The van der Waals surface area contributed by atoms with Crippen LogP contribution in [0.5, 0.6) is 46.0 Å². The first-order valence-electron chi connectivity index (χ1n) is 22.6. The summed E-state index contributed by atoms with van der Waals surface area (Å²) < 4.78 is 63.6. The second kappa shape index (κ2) is 18.2. The molecule has 0 spiro atoms. The average molecular weight is 993 g/mol. The largest absolute Gasteiger partial charge is 0.457 e. The Labute approximate surface area is 425 Å². The van der Waals surface area contributed by atoms with Crippen LogP contribution in [0.1, 0.15) is 0 Å². The molecule has 17 heteroatoms. The second-order valence-electron chi connectivity index (χ2n) is 16.7. The Hall–Kier alpha value is -9.24. The van der Waals surface area contributed by atoms with Gasteiger partial charge in [0, 0.05) is 38.4 Å². The zero-order valence-corrected chi connectivity index (χ0v) is 38.2. The summed E-state index contributed by atoms with van der Waals surface area (Å²) in [7, 11) is -5.03. The highest BCUT2D eigenvalue weighted by atomic mass is 32.2. The number of benzene rings is 8. The summed E-state index contributed by atoms with van der Waals surface area (Å²) in [6, 6.07) is 56.6. The lowest BCUT2D eigenvalue weighted by molar-refractivity contribution is 0.452.